The Morgan fingerprint density at radius 1 is 1.32 bits per heavy atom. The molecule has 2 aromatic heterocycles. The van der Waals surface area contributed by atoms with E-state index in [2.05, 4.69) is 10.3 Å². The maximum atomic E-state index is 11.8. The van der Waals surface area contributed by atoms with Crippen LogP contribution in [0.15, 0.2) is 46.1 Å². The normalized spacial score (nSPS) is 11.9. The number of aromatic amines is 1. The number of nitrogens with zero attached hydrogens (tertiary/aromatic N) is 1. The summed E-state index contributed by atoms with van der Waals surface area (Å²) in [6, 6.07) is 6.75. The predicted octanol–water partition coefficient (Wildman–Crippen LogP) is -0.967. The van der Waals surface area contributed by atoms with Crippen LogP contribution >= 0.6 is 0 Å². The maximum Gasteiger partial charge on any atom is 0.251 e. The molecular formula is C14H15N3O5. The first kappa shape index (κ1) is 15.5. The summed E-state index contributed by atoms with van der Waals surface area (Å²) in [5, 5.41) is 21.5. The molecule has 0 aliphatic carbocycles. The van der Waals surface area contributed by atoms with Crippen LogP contribution in [0.4, 0.5) is 0 Å². The first-order valence-corrected chi connectivity index (χ1v) is 6.51. The van der Waals surface area contributed by atoms with E-state index in [0.717, 1.165) is 12.1 Å². The topological polar surface area (TPSA) is 124 Å². The van der Waals surface area contributed by atoms with Crippen LogP contribution in [0.2, 0.25) is 0 Å². The van der Waals surface area contributed by atoms with Crippen molar-refractivity contribution in [3.63, 3.8) is 0 Å². The summed E-state index contributed by atoms with van der Waals surface area (Å²) in [6.07, 6.45) is 0.557. The van der Waals surface area contributed by atoms with E-state index in [4.69, 9.17) is 0 Å². The van der Waals surface area contributed by atoms with Crippen molar-refractivity contribution >= 4 is 5.91 Å². The van der Waals surface area contributed by atoms with Crippen LogP contribution in [0.25, 0.3) is 0 Å². The lowest BCUT2D eigenvalue weighted by Crippen LogP contribution is -2.36. The Morgan fingerprint density at radius 2 is 2.09 bits per heavy atom. The second-order valence-corrected chi connectivity index (χ2v) is 4.67. The number of amides is 1. The lowest BCUT2D eigenvalue weighted by atomic mass is 10.2. The molecule has 1 amide bonds. The minimum absolute atomic E-state index is 0.0228. The second kappa shape index (κ2) is 6.72. The summed E-state index contributed by atoms with van der Waals surface area (Å²) < 4.78 is 1.32. The molecule has 0 spiro atoms. The lowest BCUT2D eigenvalue weighted by molar-refractivity contribution is 0.0902. The standard InChI is InChI=1S/C14H15N3O5/c18-10(8-17-4-2-1-3-13(17)21)7-15-14(22)9-5-11(19)16-12(20)6-9/h1-6,10,18H,7-8H2,(H,15,22)(H2,16,19,20). The largest absolute Gasteiger partial charge is 0.494 e. The van der Waals surface area contributed by atoms with Gasteiger partial charge in [0.25, 0.3) is 17.0 Å². The molecule has 0 aromatic carbocycles. The molecule has 0 bridgehead atoms. The zero-order valence-electron chi connectivity index (χ0n) is 11.5. The van der Waals surface area contributed by atoms with E-state index in [1.165, 1.54) is 16.8 Å². The first-order valence-electron chi connectivity index (χ1n) is 6.51. The van der Waals surface area contributed by atoms with Crippen LogP contribution in [0.3, 0.4) is 0 Å². The van der Waals surface area contributed by atoms with Gasteiger partial charge in [-0.05, 0) is 6.07 Å². The molecule has 0 aliphatic rings. The fraction of sp³-hybridized carbons (Fsp3) is 0.214. The van der Waals surface area contributed by atoms with Crippen LogP contribution in [-0.2, 0) is 6.54 Å². The molecule has 4 N–H and O–H groups in total. The van der Waals surface area contributed by atoms with Crippen molar-refractivity contribution in [2.24, 2.45) is 0 Å². The van der Waals surface area contributed by atoms with Crippen LogP contribution in [-0.4, -0.2) is 38.3 Å². The van der Waals surface area contributed by atoms with Crippen molar-refractivity contribution in [2.75, 3.05) is 6.54 Å². The average Bonchev–Trinajstić information content (AvgIpc) is 2.46. The highest BCUT2D eigenvalue weighted by molar-refractivity contribution is 5.94. The van der Waals surface area contributed by atoms with Crippen molar-refractivity contribution in [1.29, 1.82) is 0 Å². The highest BCUT2D eigenvalue weighted by Gasteiger charge is 2.11. The lowest BCUT2D eigenvalue weighted by Gasteiger charge is -2.13. The summed E-state index contributed by atoms with van der Waals surface area (Å²) in [6.45, 7) is -0.0751. The maximum absolute atomic E-state index is 11.8. The quantitative estimate of drug-likeness (QED) is 0.566. The molecular weight excluding hydrogens is 290 g/mol. The number of hydrogen-bond donors (Lipinski definition) is 4. The molecule has 1 unspecified atom stereocenters. The molecule has 0 aliphatic heterocycles. The van der Waals surface area contributed by atoms with Crippen molar-refractivity contribution in [1.82, 2.24) is 14.9 Å². The molecule has 2 aromatic rings. The Balaban J connectivity index is 1.94. The number of aromatic nitrogens is 2. The van der Waals surface area contributed by atoms with Gasteiger partial charge in [0.15, 0.2) is 5.88 Å². The molecule has 22 heavy (non-hydrogen) atoms. The molecule has 0 saturated carbocycles. The van der Waals surface area contributed by atoms with Gasteiger partial charge in [0.05, 0.1) is 18.2 Å². The Labute approximate surface area is 124 Å². The van der Waals surface area contributed by atoms with E-state index in [0.29, 0.717) is 0 Å². The highest BCUT2D eigenvalue weighted by atomic mass is 16.3. The summed E-state index contributed by atoms with van der Waals surface area (Å²) in [5.74, 6) is -1.03. The SMILES string of the molecule is O=C(NCC(O)Cn1ccccc1=O)c1cc(O)[nH]c(=O)c1. The van der Waals surface area contributed by atoms with Gasteiger partial charge in [-0.1, -0.05) is 6.07 Å². The summed E-state index contributed by atoms with van der Waals surface area (Å²) in [7, 11) is 0. The number of aliphatic hydroxyl groups excluding tert-OH is 1. The van der Waals surface area contributed by atoms with Gasteiger partial charge in [-0.15, -0.1) is 0 Å². The summed E-state index contributed by atoms with van der Waals surface area (Å²) in [4.78, 5) is 36.6. The van der Waals surface area contributed by atoms with Gasteiger partial charge in [-0.25, -0.2) is 0 Å². The molecule has 8 heteroatoms. The number of pyridine rings is 2. The number of carbonyl (C=O) groups excluding carboxylic acids is 1. The molecule has 8 nitrogen and oxygen atoms in total. The Hall–Kier alpha value is -2.87. The van der Waals surface area contributed by atoms with E-state index >= 15 is 0 Å². The monoisotopic (exact) mass is 305 g/mol. The van der Waals surface area contributed by atoms with Crippen molar-refractivity contribution < 1.29 is 15.0 Å². The van der Waals surface area contributed by atoms with Crippen molar-refractivity contribution in [3.05, 3.63) is 62.8 Å². The summed E-state index contributed by atoms with van der Waals surface area (Å²) >= 11 is 0. The van der Waals surface area contributed by atoms with Gasteiger partial charge in [0.2, 0.25) is 0 Å². The number of aromatic hydroxyl groups is 1. The molecule has 2 rings (SSSR count). The zero-order valence-corrected chi connectivity index (χ0v) is 11.5. The molecule has 0 saturated heterocycles. The highest BCUT2D eigenvalue weighted by Crippen LogP contribution is 2.03. The molecule has 2 heterocycles. The number of H-pyrrole nitrogens is 1. The van der Waals surface area contributed by atoms with Crippen LogP contribution in [0.1, 0.15) is 10.4 Å². The third kappa shape index (κ3) is 4.06. The fourth-order valence-corrected chi connectivity index (χ4v) is 1.88. The summed E-state index contributed by atoms with van der Waals surface area (Å²) in [5.41, 5.74) is -0.890. The van der Waals surface area contributed by atoms with E-state index in [1.807, 2.05) is 0 Å². The number of carbonyl (C=O) groups is 1. The van der Waals surface area contributed by atoms with Crippen molar-refractivity contribution in [2.45, 2.75) is 12.6 Å². The third-order valence-electron chi connectivity index (χ3n) is 2.90. The fourth-order valence-electron chi connectivity index (χ4n) is 1.88. The predicted molar refractivity (Wildman–Crippen MR) is 77.8 cm³/mol. The number of hydrogen-bond acceptors (Lipinski definition) is 5. The van der Waals surface area contributed by atoms with Gasteiger partial charge in [0, 0.05) is 30.9 Å². The van der Waals surface area contributed by atoms with Gasteiger partial charge in [0.1, 0.15) is 0 Å². The van der Waals surface area contributed by atoms with Gasteiger partial charge < -0.3 is 20.1 Å². The molecule has 0 radical (unpaired) electrons. The molecule has 116 valence electrons. The van der Waals surface area contributed by atoms with Gasteiger partial charge in [-0.3, -0.25) is 19.4 Å². The molecule has 1 atom stereocenters. The first-order chi connectivity index (χ1) is 10.5. The minimum atomic E-state index is -0.973. The van der Waals surface area contributed by atoms with Crippen LogP contribution in [0, 0.1) is 0 Å². The Bertz CT molecular complexity index is 780. The smallest absolute Gasteiger partial charge is 0.251 e. The van der Waals surface area contributed by atoms with E-state index in [9.17, 15) is 24.6 Å². The second-order valence-electron chi connectivity index (χ2n) is 4.67. The third-order valence-corrected chi connectivity index (χ3v) is 2.90. The van der Waals surface area contributed by atoms with Crippen LogP contribution < -0.4 is 16.4 Å². The number of rotatable bonds is 5. The van der Waals surface area contributed by atoms with E-state index in [1.54, 1.807) is 12.1 Å². The number of aliphatic hydroxyl groups is 1. The van der Waals surface area contributed by atoms with Gasteiger partial charge >= 0.3 is 0 Å². The Kier molecular flexibility index (Phi) is 4.74. The molecule has 0 fully saturated rings. The Morgan fingerprint density at radius 3 is 2.77 bits per heavy atom. The zero-order chi connectivity index (χ0) is 16.1. The van der Waals surface area contributed by atoms with Gasteiger partial charge in [-0.2, -0.15) is 0 Å². The van der Waals surface area contributed by atoms with E-state index < -0.39 is 23.5 Å². The minimum Gasteiger partial charge on any atom is -0.494 e. The van der Waals surface area contributed by atoms with Crippen molar-refractivity contribution in [3.8, 4) is 5.88 Å². The van der Waals surface area contributed by atoms with Crippen LogP contribution in [0.5, 0.6) is 5.88 Å². The van der Waals surface area contributed by atoms with E-state index in [-0.39, 0.29) is 24.2 Å². The number of nitrogens with one attached hydrogen (secondary N) is 2. The average molecular weight is 305 g/mol.